The average Bonchev–Trinajstić information content (AvgIpc) is 2.34. The zero-order valence-corrected chi connectivity index (χ0v) is 11.6. The lowest BCUT2D eigenvalue weighted by Crippen LogP contribution is -2.52. The first kappa shape index (κ1) is 13.0. The van der Waals surface area contributed by atoms with Crippen LogP contribution in [0.4, 0.5) is 5.69 Å². The number of hydrogen-bond acceptors (Lipinski definition) is 2. The largest absolute Gasteiger partial charge is 0.367 e. The molecular weight excluding hydrogens is 220 g/mol. The molecule has 1 fully saturated rings. The smallest absolute Gasteiger partial charge is 0.130 e. The predicted octanol–water partition coefficient (Wildman–Crippen LogP) is 4.27. The molecule has 0 amide bonds. The van der Waals surface area contributed by atoms with Crippen molar-refractivity contribution in [2.45, 2.75) is 52.0 Å². The first-order valence-corrected chi connectivity index (χ1v) is 6.75. The quantitative estimate of drug-likeness (QED) is 0.840. The van der Waals surface area contributed by atoms with Gasteiger partial charge in [0.1, 0.15) is 5.54 Å². The van der Waals surface area contributed by atoms with Crippen LogP contribution in [0.1, 0.15) is 45.1 Å². The third-order valence-electron chi connectivity index (χ3n) is 4.36. The van der Waals surface area contributed by atoms with Crippen LogP contribution in [-0.4, -0.2) is 5.54 Å². The molecule has 96 valence electrons. The van der Waals surface area contributed by atoms with E-state index in [9.17, 15) is 5.26 Å². The maximum Gasteiger partial charge on any atom is 0.130 e. The maximum atomic E-state index is 9.68. The van der Waals surface area contributed by atoms with E-state index < -0.39 is 5.54 Å². The minimum absolute atomic E-state index is 0.0187. The number of anilines is 1. The van der Waals surface area contributed by atoms with Gasteiger partial charge in [-0.05, 0) is 38.3 Å². The monoisotopic (exact) mass is 242 g/mol. The fourth-order valence-corrected chi connectivity index (χ4v) is 2.86. The summed E-state index contributed by atoms with van der Waals surface area (Å²) in [6, 6.07) is 10.9. The highest BCUT2D eigenvalue weighted by Gasteiger charge is 2.47. The molecule has 0 aliphatic heterocycles. The molecule has 1 N–H and O–H groups in total. The highest BCUT2D eigenvalue weighted by molar-refractivity contribution is 5.50. The van der Waals surface area contributed by atoms with Gasteiger partial charge in [-0.25, -0.2) is 0 Å². The molecule has 1 unspecified atom stereocenters. The minimum atomic E-state index is -0.430. The summed E-state index contributed by atoms with van der Waals surface area (Å²) in [5.41, 5.74) is 1.89. The molecule has 2 rings (SSSR count). The van der Waals surface area contributed by atoms with Crippen molar-refractivity contribution in [3.63, 3.8) is 0 Å². The molecule has 0 radical (unpaired) electrons. The van der Waals surface area contributed by atoms with Crippen molar-refractivity contribution < 1.29 is 0 Å². The van der Waals surface area contributed by atoms with Gasteiger partial charge in [-0.2, -0.15) is 5.26 Å². The SMILES string of the molecule is Cc1ccc(NC2(C#N)CCCCC2(C)C)cc1. The summed E-state index contributed by atoms with van der Waals surface area (Å²) in [7, 11) is 0. The lowest BCUT2D eigenvalue weighted by Gasteiger charge is -2.46. The minimum Gasteiger partial charge on any atom is -0.367 e. The average molecular weight is 242 g/mol. The molecule has 1 atom stereocenters. The molecule has 0 bridgehead atoms. The summed E-state index contributed by atoms with van der Waals surface area (Å²) in [5.74, 6) is 0. The summed E-state index contributed by atoms with van der Waals surface area (Å²) in [4.78, 5) is 0. The van der Waals surface area contributed by atoms with Crippen molar-refractivity contribution in [1.29, 1.82) is 5.26 Å². The van der Waals surface area contributed by atoms with Gasteiger partial charge in [-0.3, -0.25) is 0 Å². The normalized spacial score (nSPS) is 26.3. The molecule has 0 spiro atoms. The highest BCUT2D eigenvalue weighted by Crippen LogP contribution is 2.45. The van der Waals surface area contributed by atoms with Crippen molar-refractivity contribution >= 4 is 5.69 Å². The van der Waals surface area contributed by atoms with Gasteiger partial charge in [0.25, 0.3) is 0 Å². The number of nitriles is 1. The Balaban J connectivity index is 2.28. The van der Waals surface area contributed by atoms with Crippen LogP contribution in [0.2, 0.25) is 0 Å². The van der Waals surface area contributed by atoms with Crippen molar-refractivity contribution in [2.24, 2.45) is 5.41 Å². The van der Waals surface area contributed by atoms with E-state index in [1.54, 1.807) is 0 Å². The fraction of sp³-hybridized carbons (Fsp3) is 0.562. The van der Waals surface area contributed by atoms with E-state index in [-0.39, 0.29) is 5.41 Å². The van der Waals surface area contributed by atoms with E-state index in [2.05, 4.69) is 56.4 Å². The van der Waals surface area contributed by atoms with Crippen molar-refractivity contribution in [2.75, 3.05) is 5.32 Å². The first-order valence-electron chi connectivity index (χ1n) is 6.75. The van der Waals surface area contributed by atoms with Crippen LogP contribution in [-0.2, 0) is 0 Å². The molecule has 1 saturated carbocycles. The molecule has 2 nitrogen and oxygen atoms in total. The van der Waals surface area contributed by atoms with Crippen LogP contribution in [0.5, 0.6) is 0 Å². The number of hydrogen-bond donors (Lipinski definition) is 1. The Morgan fingerprint density at radius 2 is 1.72 bits per heavy atom. The third kappa shape index (κ3) is 2.22. The molecule has 0 heterocycles. The van der Waals surface area contributed by atoms with Gasteiger partial charge in [-0.1, -0.05) is 38.0 Å². The van der Waals surface area contributed by atoms with Gasteiger partial charge in [0.2, 0.25) is 0 Å². The van der Waals surface area contributed by atoms with Gasteiger partial charge in [-0.15, -0.1) is 0 Å². The summed E-state index contributed by atoms with van der Waals surface area (Å²) in [6.07, 6.45) is 4.41. The Morgan fingerprint density at radius 3 is 2.28 bits per heavy atom. The Labute approximate surface area is 110 Å². The summed E-state index contributed by atoms with van der Waals surface area (Å²) >= 11 is 0. The van der Waals surface area contributed by atoms with Crippen molar-refractivity contribution in [1.82, 2.24) is 0 Å². The van der Waals surface area contributed by atoms with Gasteiger partial charge in [0, 0.05) is 11.1 Å². The predicted molar refractivity (Wildman–Crippen MR) is 75.4 cm³/mol. The first-order chi connectivity index (χ1) is 8.49. The van der Waals surface area contributed by atoms with Crippen molar-refractivity contribution in [3.8, 4) is 6.07 Å². The molecule has 18 heavy (non-hydrogen) atoms. The highest BCUT2D eigenvalue weighted by atomic mass is 15.0. The fourth-order valence-electron chi connectivity index (χ4n) is 2.86. The van der Waals surface area contributed by atoms with Crippen LogP contribution < -0.4 is 5.32 Å². The molecule has 1 aromatic rings. The zero-order chi connectivity index (χ0) is 13.2. The van der Waals surface area contributed by atoms with Gasteiger partial charge in [0.05, 0.1) is 6.07 Å². The van der Waals surface area contributed by atoms with E-state index >= 15 is 0 Å². The van der Waals surface area contributed by atoms with Gasteiger partial charge < -0.3 is 5.32 Å². The van der Waals surface area contributed by atoms with Crippen LogP contribution >= 0.6 is 0 Å². The van der Waals surface area contributed by atoms with Crippen LogP contribution in [0.3, 0.4) is 0 Å². The second kappa shape index (κ2) is 4.65. The number of rotatable bonds is 2. The Morgan fingerprint density at radius 1 is 1.11 bits per heavy atom. The molecule has 2 heteroatoms. The second-order valence-corrected chi connectivity index (χ2v) is 6.10. The number of nitrogens with one attached hydrogen (secondary N) is 1. The van der Waals surface area contributed by atoms with E-state index in [0.717, 1.165) is 24.9 Å². The summed E-state index contributed by atoms with van der Waals surface area (Å²) < 4.78 is 0. The van der Waals surface area contributed by atoms with E-state index in [4.69, 9.17) is 0 Å². The van der Waals surface area contributed by atoms with Crippen molar-refractivity contribution in [3.05, 3.63) is 29.8 Å². The second-order valence-electron chi connectivity index (χ2n) is 6.10. The molecule has 0 aromatic heterocycles. The van der Waals surface area contributed by atoms with Gasteiger partial charge >= 0.3 is 0 Å². The summed E-state index contributed by atoms with van der Waals surface area (Å²) in [5, 5.41) is 13.2. The number of aryl methyl sites for hydroxylation is 1. The Kier molecular flexibility index (Phi) is 3.34. The topological polar surface area (TPSA) is 35.8 Å². The van der Waals surface area contributed by atoms with E-state index in [1.165, 1.54) is 12.0 Å². The lowest BCUT2D eigenvalue weighted by atomic mass is 9.63. The van der Waals surface area contributed by atoms with Crippen LogP contribution in [0.15, 0.2) is 24.3 Å². The molecule has 1 aromatic carbocycles. The summed E-state index contributed by atoms with van der Waals surface area (Å²) in [6.45, 7) is 6.49. The van der Waals surface area contributed by atoms with Gasteiger partial charge in [0.15, 0.2) is 0 Å². The molecule has 1 aliphatic rings. The molecular formula is C16H22N2. The zero-order valence-electron chi connectivity index (χ0n) is 11.6. The standard InChI is InChI=1S/C16H22N2/c1-13-6-8-14(9-7-13)18-16(12-17)11-5-4-10-15(16,2)3/h6-9,18H,4-5,10-11H2,1-3H3. The Bertz CT molecular complexity index is 453. The lowest BCUT2D eigenvalue weighted by molar-refractivity contribution is 0.164. The van der Waals surface area contributed by atoms with E-state index in [1.807, 2.05) is 0 Å². The van der Waals surface area contributed by atoms with E-state index in [0.29, 0.717) is 0 Å². The van der Waals surface area contributed by atoms with Crippen LogP contribution in [0.25, 0.3) is 0 Å². The Hall–Kier alpha value is -1.49. The number of benzene rings is 1. The molecule has 1 aliphatic carbocycles. The van der Waals surface area contributed by atoms with Crippen LogP contribution in [0, 0.1) is 23.7 Å². The number of nitrogens with zero attached hydrogens (tertiary/aromatic N) is 1. The third-order valence-corrected chi connectivity index (χ3v) is 4.36. The molecule has 0 saturated heterocycles. The maximum absolute atomic E-state index is 9.68.